The molecule has 0 bridgehead atoms. The van der Waals surface area contributed by atoms with Gasteiger partial charge >= 0.3 is 6.03 Å². The Kier molecular flexibility index (Phi) is 5.00. The lowest BCUT2D eigenvalue weighted by molar-refractivity contribution is 0.0679. The lowest BCUT2D eigenvalue weighted by Crippen LogP contribution is -2.39. The average Bonchev–Trinajstić information content (AvgIpc) is 3.31. The van der Waals surface area contributed by atoms with Crippen LogP contribution in [0.15, 0.2) is 24.4 Å². The third-order valence-corrected chi connectivity index (χ3v) is 5.90. The fraction of sp³-hybridized carbons (Fsp3) is 0.571. The average molecular weight is 383 g/mol. The summed E-state index contributed by atoms with van der Waals surface area (Å²) in [5.41, 5.74) is 1.33. The van der Waals surface area contributed by atoms with Crippen molar-refractivity contribution in [3.8, 4) is 0 Å². The summed E-state index contributed by atoms with van der Waals surface area (Å²) in [6.07, 6.45) is 5.97. The number of fused-ring (bicyclic) bond motifs is 1. The Balaban J connectivity index is 1.73. The predicted molar refractivity (Wildman–Crippen MR) is 107 cm³/mol. The second-order valence-corrected chi connectivity index (χ2v) is 8.30. The number of piperidine rings is 1. The van der Waals surface area contributed by atoms with E-state index >= 15 is 0 Å². The van der Waals surface area contributed by atoms with Gasteiger partial charge in [-0.2, -0.15) is 0 Å². The third kappa shape index (κ3) is 3.23. The topological polar surface area (TPSA) is 61.2 Å². The van der Waals surface area contributed by atoms with Gasteiger partial charge in [0, 0.05) is 39.9 Å². The molecule has 2 aliphatic heterocycles. The van der Waals surface area contributed by atoms with E-state index in [4.69, 9.17) is 4.98 Å². The highest BCUT2D eigenvalue weighted by atomic mass is 16.2. The number of imidazole rings is 1. The zero-order valence-electron chi connectivity index (χ0n) is 17.0. The van der Waals surface area contributed by atoms with Crippen molar-refractivity contribution >= 4 is 17.5 Å². The van der Waals surface area contributed by atoms with Crippen LogP contribution in [0.1, 0.15) is 55.0 Å². The van der Waals surface area contributed by atoms with Gasteiger partial charge in [-0.05, 0) is 43.7 Å². The zero-order chi connectivity index (χ0) is 19.8. The summed E-state index contributed by atoms with van der Waals surface area (Å²) in [6.45, 7) is 4.49. The van der Waals surface area contributed by atoms with E-state index in [1.807, 2.05) is 38.6 Å². The molecule has 0 aliphatic carbocycles. The molecule has 2 fully saturated rings. The number of hydrogen-bond donors (Lipinski definition) is 0. The Morgan fingerprint density at radius 1 is 1.14 bits per heavy atom. The Morgan fingerprint density at radius 2 is 1.93 bits per heavy atom. The first-order valence-electron chi connectivity index (χ1n) is 10.2. The first-order valence-corrected chi connectivity index (χ1v) is 10.2. The minimum atomic E-state index is -0.105. The molecule has 3 amide bonds. The third-order valence-electron chi connectivity index (χ3n) is 5.90. The zero-order valence-corrected chi connectivity index (χ0v) is 17.0. The molecule has 4 rings (SSSR count). The highest BCUT2D eigenvalue weighted by Gasteiger charge is 2.35. The molecule has 0 N–H and O–H groups in total. The minimum Gasteiger partial charge on any atom is -0.337 e. The summed E-state index contributed by atoms with van der Waals surface area (Å²) in [5.74, 6) is 1.32. The number of aromatic nitrogens is 2. The van der Waals surface area contributed by atoms with E-state index in [1.54, 1.807) is 19.0 Å². The standard InChI is InChI=1S/C21H29N5O2/c1-15-8-6-11-24(14-15)20(27)18-16-9-4-5-12-25(16)19(22-18)17-10-7-13-26(17)21(28)23(2)3/h4-5,9,12,15,17H,6-8,10-11,13-14H2,1-3H3/t15-,17-/m0/s1. The van der Waals surface area contributed by atoms with Gasteiger partial charge in [-0.25, -0.2) is 9.78 Å². The molecule has 0 aromatic carbocycles. The van der Waals surface area contributed by atoms with Crippen LogP contribution in [-0.2, 0) is 0 Å². The molecule has 2 saturated heterocycles. The van der Waals surface area contributed by atoms with Crippen molar-refractivity contribution in [3.63, 3.8) is 0 Å². The molecule has 7 heteroatoms. The number of carbonyl (C=O) groups is 2. The van der Waals surface area contributed by atoms with Crippen molar-refractivity contribution in [2.24, 2.45) is 5.92 Å². The number of rotatable bonds is 2. The van der Waals surface area contributed by atoms with E-state index in [1.165, 1.54) is 6.42 Å². The molecule has 0 spiro atoms. The molecule has 2 atom stereocenters. The smallest absolute Gasteiger partial charge is 0.320 e. The van der Waals surface area contributed by atoms with Crippen molar-refractivity contribution in [1.82, 2.24) is 24.1 Å². The maximum absolute atomic E-state index is 13.3. The van der Waals surface area contributed by atoms with Crippen molar-refractivity contribution in [2.75, 3.05) is 33.7 Å². The molecule has 150 valence electrons. The summed E-state index contributed by atoms with van der Waals surface area (Å²) < 4.78 is 1.99. The second kappa shape index (κ2) is 7.45. The predicted octanol–water partition coefficient (Wildman–Crippen LogP) is 3.02. The van der Waals surface area contributed by atoms with Gasteiger partial charge in [-0.1, -0.05) is 13.0 Å². The SMILES string of the molecule is C[C@H]1CCCN(C(=O)c2nc([C@@H]3CCCN3C(=O)N(C)C)n3ccccc23)C1. The molecule has 4 heterocycles. The molecule has 2 aromatic heterocycles. The normalized spacial score (nSPS) is 22.7. The number of hydrogen-bond acceptors (Lipinski definition) is 3. The van der Waals surface area contributed by atoms with Crippen LogP contribution in [0.2, 0.25) is 0 Å². The minimum absolute atomic E-state index is 0.00461. The van der Waals surface area contributed by atoms with Gasteiger partial charge in [-0.15, -0.1) is 0 Å². The monoisotopic (exact) mass is 383 g/mol. The van der Waals surface area contributed by atoms with Crippen LogP contribution in [0.4, 0.5) is 4.79 Å². The van der Waals surface area contributed by atoms with Crippen molar-refractivity contribution in [2.45, 2.75) is 38.6 Å². The number of nitrogens with zero attached hydrogens (tertiary/aromatic N) is 5. The summed E-state index contributed by atoms with van der Waals surface area (Å²) in [7, 11) is 3.54. The van der Waals surface area contributed by atoms with Crippen LogP contribution in [-0.4, -0.2) is 69.8 Å². The lowest BCUT2D eigenvalue weighted by atomic mass is 10.00. The molecule has 0 radical (unpaired) electrons. The van der Waals surface area contributed by atoms with Crippen molar-refractivity contribution in [3.05, 3.63) is 35.9 Å². The Hall–Kier alpha value is -2.57. The van der Waals surface area contributed by atoms with Crippen LogP contribution in [0.25, 0.3) is 5.52 Å². The van der Waals surface area contributed by atoms with Crippen LogP contribution in [0.5, 0.6) is 0 Å². The molecular weight excluding hydrogens is 354 g/mol. The van der Waals surface area contributed by atoms with E-state index in [2.05, 4.69) is 6.92 Å². The van der Waals surface area contributed by atoms with Gasteiger partial charge in [-0.3, -0.25) is 4.79 Å². The number of carbonyl (C=O) groups excluding carboxylic acids is 2. The summed E-state index contributed by atoms with van der Waals surface area (Å²) in [5, 5.41) is 0. The maximum atomic E-state index is 13.3. The van der Waals surface area contributed by atoms with Crippen LogP contribution >= 0.6 is 0 Å². The van der Waals surface area contributed by atoms with Crippen LogP contribution < -0.4 is 0 Å². The van der Waals surface area contributed by atoms with Crippen molar-refractivity contribution < 1.29 is 9.59 Å². The molecular formula is C21H29N5O2. The van der Waals surface area contributed by atoms with Gasteiger partial charge in [0.15, 0.2) is 5.69 Å². The lowest BCUT2D eigenvalue weighted by Gasteiger charge is -2.30. The molecule has 0 unspecified atom stereocenters. The second-order valence-electron chi connectivity index (χ2n) is 8.30. The maximum Gasteiger partial charge on any atom is 0.320 e. The molecule has 2 aromatic rings. The van der Waals surface area contributed by atoms with Crippen LogP contribution in [0, 0.1) is 5.92 Å². The molecule has 28 heavy (non-hydrogen) atoms. The van der Waals surface area contributed by atoms with Gasteiger partial charge in [0.2, 0.25) is 0 Å². The van der Waals surface area contributed by atoms with Crippen LogP contribution in [0.3, 0.4) is 0 Å². The van der Waals surface area contributed by atoms with E-state index in [-0.39, 0.29) is 18.0 Å². The Labute approximate surface area is 165 Å². The fourth-order valence-electron chi connectivity index (χ4n) is 4.50. The summed E-state index contributed by atoms with van der Waals surface area (Å²) >= 11 is 0. The van der Waals surface area contributed by atoms with E-state index in [9.17, 15) is 9.59 Å². The number of amides is 3. The largest absolute Gasteiger partial charge is 0.337 e. The number of pyridine rings is 1. The van der Waals surface area contributed by atoms with Crippen molar-refractivity contribution in [1.29, 1.82) is 0 Å². The van der Waals surface area contributed by atoms with Gasteiger partial charge in [0.05, 0.1) is 11.6 Å². The molecule has 2 aliphatic rings. The van der Waals surface area contributed by atoms with Gasteiger partial charge in [0.25, 0.3) is 5.91 Å². The highest BCUT2D eigenvalue weighted by Crippen LogP contribution is 2.33. The van der Waals surface area contributed by atoms with E-state index in [0.29, 0.717) is 11.6 Å². The summed E-state index contributed by atoms with van der Waals surface area (Å²) in [6, 6.07) is 5.72. The number of likely N-dealkylation sites (tertiary alicyclic amines) is 2. The van der Waals surface area contributed by atoms with E-state index < -0.39 is 0 Å². The quantitative estimate of drug-likeness (QED) is 0.801. The first-order chi connectivity index (χ1) is 13.5. The highest BCUT2D eigenvalue weighted by molar-refractivity contribution is 5.99. The number of urea groups is 1. The molecule has 0 saturated carbocycles. The van der Waals surface area contributed by atoms with Gasteiger partial charge < -0.3 is 19.1 Å². The fourth-order valence-corrected chi connectivity index (χ4v) is 4.50. The first kappa shape index (κ1) is 18.8. The Bertz CT molecular complexity index is 890. The molecule has 7 nitrogen and oxygen atoms in total. The Morgan fingerprint density at radius 3 is 2.68 bits per heavy atom. The van der Waals surface area contributed by atoms with E-state index in [0.717, 1.165) is 50.2 Å². The summed E-state index contributed by atoms with van der Waals surface area (Å²) in [4.78, 5) is 36.1. The van der Waals surface area contributed by atoms with Gasteiger partial charge in [0.1, 0.15) is 5.82 Å².